The smallest absolute Gasteiger partial charge is 0.349 e. The molecule has 0 aliphatic carbocycles. The molecule has 1 fully saturated rings. The quantitative estimate of drug-likeness (QED) is 0.877. The molecule has 0 saturated carbocycles. The van der Waals surface area contributed by atoms with Crippen LogP contribution in [0.2, 0.25) is 5.02 Å². The van der Waals surface area contributed by atoms with Gasteiger partial charge in [-0.15, -0.1) is 0 Å². The van der Waals surface area contributed by atoms with E-state index in [1.165, 1.54) is 4.90 Å². The normalized spacial score (nSPS) is 18.2. The van der Waals surface area contributed by atoms with Crippen molar-refractivity contribution in [1.82, 2.24) is 9.80 Å². The number of amides is 2. The molecule has 1 unspecified atom stereocenters. The van der Waals surface area contributed by atoms with Gasteiger partial charge in [0, 0.05) is 20.6 Å². The standard InChI is InChI=1S/C16H19ClF3N3O2/c1-22(2)15(25)10-5-6-23(8-10)9-14(24)21-13-7-11(16(18,19)20)3-4-12(13)17/h3-4,7,10H,5-6,8-9H2,1-2H3,(H,21,24). The van der Waals surface area contributed by atoms with Crippen molar-refractivity contribution in [3.8, 4) is 0 Å². The Morgan fingerprint density at radius 2 is 2.04 bits per heavy atom. The average Bonchev–Trinajstić information content (AvgIpc) is 2.95. The zero-order valence-corrected chi connectivity index (χ0v) is 14.6. The summed E-state index contributed by atoms with van der Waals surface area (Å²) < 4.78 is 38.2. The summed E-state index contributed by atoms with van der Waals surface area (Å²) in [5.41, 5.74) is -0.966. The molecule has 9 heteroatoms. The molecular weight excluding hydrogens is 359 g/mol. The van der Waals surface area contributed by atoms with Gasteiger partial charge in [0.2, 0.25) is 11.8 Å². The zero-order chi connectivity index (χ0) is 18.8. The Kier molecular flexibility index (Phi) is 5.95. The molecule has 1 saturated heterocycles. The molecule has 1 aliphatic heterocycles. The molecule has 1 aromatic rings. The van der Waals surface area contributed by atoms with Gasteiger partial charge < -0.3 is 10.2 Å². The van der Waals surface area contributed by atoms with Gasteiger partial charge in [-0.1, -0.05) is 11.6 Å². The number of benzene rings is 1. The molecule has 0 radical (unpaired) electrons. The Morgan fingerprint density at radius 1 is 1.36 bits per heavy atom. The van der Waals surface area contributed by atoms with Gasteiger partial charge in [-0.2, -0.15) is 13.2 Å². The number of hydrogen-bond donors (Lipinski definition) is 1. The number of nitrogens with zero attached hydrogens (tertiary/aromatic N) is 2. The van der Waals surface area contributed by atoms with Gasteiger partial charge in [-0.3, -0.25) is 14.5 Å². The van der Waals surface area contributed by atoms with Crippen LogP contribution < -0.4 is 5.32 Å². The van der Waals surface area contributed by atoms with Crippen LogP contribution in [0.3, 0.4) is 0 Å². The van der Waals surface area contributed by atoms with Crippen LogP contribution in [-0.4, -0.2) is 55.3 Å². The molecular formula is C16H19ClF3N3O2. The van der Waals surface area contributed by atoms with E-state index in [2.05, 4.69) is 5.32 Å². The molecule has 1 N–H and O–H groups in total. The molecule has 2 amide bonds. The summed E-state index contributed by atoms with van der Waals surface area (Å²) in [4.78, 5) is 27.3. The van der Waals surface area contributed by atoms with Crippen LogP contribution in [0.1, 0.15) is 12.0 Å². The predicted molar refractivity (Wildman–Crippen MR) is 88.3 cm³/mol. The fourth-order valence-corrected chi connectivity index (χ4v) is 2.90. The van der Waals surface area contributed by atoms with E-state index in [1.807, 2.05) is 0 Å². The van der Waals surface area contributed by atoms with Crippen LogP contribution in [0.5, 0.6) is 0 Å². The van der Waals surface area contributed by atoms with Crippen LogP contribution in [-0.2, 0) is 15.8 Å². The van der Waals surface area contributed by atoms with Crippen LogP contribution in [0.4, 0.5) is 18.9 Å². The Hall–Kier alpha value is -1.80. The van der Waals surface area contributed by atoms with Crippen LogP contribution in [0.15, 0.2) is 18.2 Å². The summed E-state index contributed by atoms with van der Waals surface area (Å²) in [5, 5.41) is 2.44. The van der Waals surface area contributed by atoms with Crippen molar-refractivity contribution >= 4 is 29.1 Å². The second-order valence-electron chi connectivity index (χ2n) is 6.19. The van der Waals surface area contributed by atoms with Crippen LogP contribution in [0, 0.1) is 5.92 Å². The number of alkyl halides is 3. The molecule has 25 heavy (non-hydrogen) atoms. The van der Waals surface area contributed by atoms with Crippen molar-refractivity contribution in [2.24, 2.45) is 5.92 Å². The SMILES string of the molecule is CN(C)C(=O)C1CCN(CC(=O)Nc2cc(C(F)(F)F)ccc2Cl)C1. The summed E-state index contributed by atoms with van der Waals surface area (Å²) in [6.07, 6.45) is -3.87. The highest BCUT2D eigenvalue weighted by molar-refractivity contribution is 6.33. The van der Waals surface area contributed by atoms with E-state index in [4.69, 9.17) is 11.6 Å². The van der Waals surface area contributed by atoms with Gasteiger partial charge in [0.25, 0.3) is 0 Å². The maximum atomic E-state index is 12.7. The Labute approximate surface area is 148 Å². The van der Waals surface area contributed by atoms with Gasteiger partial charge in [-0.05, 0) is 31.2 Å². The molecule has 0 spiro atoms. The van der Waals surface area contributed by atoms with Crippen molar-refractivity contribution < 1.29 is 22.8 Å². The second kappa shape index (κ2) is 7.61. The van der Waals surface area contributed by atoms with E-state index in [0.717, 1.165) is 18.2 Å². The Bertz CT molecular complexity index is 665. The molecule has 5 nitrogen and oxygen atoms in total. The van der Waals surface area contributed by atoms with Crippen molar-refractivity contribution in [2.75, 3.05) is 39.0 Å². The lowest BCUT2D eigenvalue weighted by molar-refractivity contribution is -0.137. The fraction of sp³-hybridized carbons (Fsp3) is 0.500. The van der Waals surface area contributed by atoms with Gasteiger partial charge in [0.05, 0.1) is 28.7 Å². The number of likely N-dealkylation sites (tertiary alicyclic amines) is 1. The number of carbonyl (C=O) groups is 2. The van der Waals surface area contributed by atoms with Crippen molar-refractivity contribution in [2.45, 2.75) is 12.6 Å². The number of rotatable bonds is 4. The number of anilines is 1. The molecule has 0 aromatic heterocycles. The first-order valence-electron chi connectivity index (χ1n) is 7.68. The number of nitrogens with one attached hydrogen (secondary N) is 1. The van der Waals surface area contributed by atoms with E-state index >= 15 is 0 Å². The minimum Gasteiger partial charge on any atom is -0.349 e. The molecule has 1 heterocycles. The van der Waals surface area contributed by atoms with Crippen LogP contribution >= 0.6 is 11.6 Å². The third kappa shape index (κ3) is 5.09. The van der Waals surface area contributed by atoms with E-state index in [-0.39, 0.29) is 29.1 Å². The average molecular weight is 378 g/mol. The molecule has 1 atom stereocenters. The largest absolute Gasteiger partial charge is 0.416 e. The highest BCUT2D eigenvalue weighted by Gasteiger charge is 2.32. The van der Waals surface area contributed by atoms with E-state index in [1.54, 1.807) is 19.0 Å². The molecule has 0 bridgehead atoms. The number of halogens is 4. The number of hydrogen-bond acceptors (Lipinski definition) is 3. The van der Waals surface area contributed by atoms with Crippen molar-refractivity contribution in [3.05, 3.63) is 28.8 Å². The molecule has 138 valence electrons. The van der Waals surface area contributed by atoms with Gasteiger partial charge >= 0.3 is 6.18 Å². The van der Waals surface area contributed by atoms with Crippen molar-refractivity contribution in [3.63, 3.8) is 0 Å². The number of carbonyl (C=O) groups excluding carboxylic acids is 2. The van der Waals surface area contributed by atoms with Gasteiger partial charge in [-0.25, -0.2) is 0 Å². The topological polar surface area (TPSA) is 52.7 Å². The van der Waals surface area contributed by atoms with E-state index in [0.29, 0.717) is 19.5 Å². The van der Waals surface area contributed by atoms with E-state index < -0.39 is 17.6 Å². The maximum absolute atomic E-state index is 12.7. The summed E-state index contributed by atoms with van der Waals surface area (Å²) in [6.45, 7) is 1.01. The molecule has 1 aliphatic rings. The molecule has 1 aromatic carbocycles. The van der Waals surface area contributed by atoms with Crippen LogP contribution in [0.25, 0.3) is 0 Å². The lowest BCUT2D eigenvalue weighted by Crippen LogP contribution is -2.35. The fourth-order valence-electron chi connectivity index (χ4n) is 2.73. The summed E-state index contributed by atoms with van der Waals surface area (Å²) in [7, 11) is 3.35. The third-order valence-corrected chi connectivity index (χ3v) is 4.33. The third-order valence-electron chi connectivity index (χ3n) is 4.00. The van der Waals surface area contributed by atoms with Crippen molar-refractivity contribution in [1.29, 1.82) is 0 Å². The first kappa shape index (κ1) is 19.5. The lowest BCUT2D eigenvalue weighted by atomic mass is 10.1. The predicted octanol–water partition coefficient (Wildman–Crippen LogP) is 2.71. The summed E-state index contributed by atoms with van der Waals surface area (Å²) >= 11 is 5.86. The van der Waals surface area contributed by atoms with Gasteiger partial charge in [0.1, 0.15) is 0 Å². The Morgan fingerprint density at radius 3 is 2.64 bits per heavy atom. The highest BCUT2D eigenvalue weighted by Crippen LogP contribution is 2.33. The Balaban J connectivity index is 1.96. The lowest BCUT2D eigenvalue weighted by Gasteiger charge is -2.18. The first-order valence-corrected chi connectivity index (χ1v) is 8.06. The highest BCUT2D eigenvalue weighted by atomic mass is 35.5. The minimum absolute atomic E-state index is 0.00355. The maximum Gasteiger partial charge on any atom is 0.416 e. The first-order chi connectivity index (χ1) is 11.6. The van der Waals surface area contributed by atoms with E-state index in [9.17, 15) is 22.8 Å². The monoisotopic (exact) mass is 377 g/mol. The summed E-state index contributed by atoms with van der Waals surface area (Å²) in [6, 6.07) is 2.76. The molecule has 2 rings (SSSR count). The zero-order valence-electron chi connectivity index (χ0n) is 13.9. The summed E-state index contributed by atoms with van der Waals surface area (Å²) in [5.74, 6) is -0.636. The van der Waals surface area contributed by atoms with Gasteiger partial charge in [0.15, 0.2) is 0 Å². The second-order valence-corrected chi connectivity index (χ2v) is 6.60. The minimum atomic E-state index is -4.52.